The number of hydrogen-bond acceptors (Lipinski definition) is 4. The highest BCUT2D eigenvalue weighted by Gasteiger charge is 2.37. The Hall–Kier alpha value is 2.14. The zero-order valence-corrected chi connectivity index (χ0v) is 16.5. The molecule has 0 aromatic rings. The molecule has 1 atom stereocenters. The molecule has 0 aromatic carbocycles. The fourth-order valence-electron chi connectivity index (χ4n) is 0.648. The van der Waals surface area contributed by atoms with Crippen molar-refractivity contribution in [3.63, 3.8) is 0 Å². The third-order valence-electron chi connectivity index (χ3n) is 1.53. The van der Waals surface area contributed by atoms with Crippen molar-refractivity contribution in [2.45, 2.75) is 27.0 Å². The smallest absolute Gasteiger partial charge is 0.282 e. The maximum atomic E-state index is 12.3. The van der Waals surface area contributed by atoms with Crippen LogP contribution in [-0.2, 0) is 18.1 Å². The second-order valence-corrected chi connectivity index (χ2v) is 11.0. The van der Waals surface area contributed by atoms with Crippen molar-refractivity contribution in [3.8, 4) is 0 Å². The van der Waals surface area contributed by atoms with Gasteiger partial charge in [0, 0.05) is 0 Å². The molecule has 0 aliphatic heterocycles. The summed E-state index contributed by atoms with van der Waals surface area (Å²) in [6, 6.07) is 0. The van der Waals surface area contributed by atoms with Crippen LogP contribution in [0.5, 0.6) is 0 Å². The van der Waals surface area contributed by atoms with Gasteiger partial charge in [-0.1, -0.05) is 95.1 Å². The predicted molar refractivity (Wildman–Crippen MR) is 85.7 cm³/mol. The molecule has 122 valence electrons. The fourth-order valence-corrected chi connectivity index (χ4v) is 3.11. The Kier molecular flexibility index (Phi) is 9.79. The van der Waals surface area contributed by atoms with E-state index in [-0.39, 0.29) is 5.92 Å². The molecule has 20 heavy (non-hydrogen) atoms. The van der Waals surface area contributed by atoms with Crippen LogP contribution < -0.4 is 0 Å². The molecule has 0 amide bonds. The van der Waals surface area contributed by atoms with Gasteiger partial charge < -0.3 is 0 Å². The van der Waals surface area contributed by atoms with Crippen LogP contribution in [-0.4, -0.2) is 26.4 Å². The van der Waals surface area contributed by atoms with Crippen LogP contribution >= 0.6 is 89.0 Å². The highest BCUT2D eigenvalue weighted by atomic mass is 35.6. The maximum absolute atomic E-state index is 12.3. The molecule has 0 radical (unpaired) electrons. The topological polar surface area (TPSA) is 44.8 Å². The van der Waals surface area contributed by atoms with Crippen LogP contribution in [0.2, 0.25) is 0 Å². The first-order valence-corrected chi connectivity index (χ1v) is 9.26. The van der Waals surface area contributed by atoms with Gasteiger partial charge in [0.05, 0.1) is 0 Å². The highest BCUT2D eigenvalue weighted by molar-refractivity contribution is 7.48. The number of phosphoric acid groups is 1. The van der Waals surface area contributed by atoms with Crippen molar-refractivity contribution in [1.82, 2.24) is 0 Å². The van der Waals surface area contributed by atoms with Gasteiger partial charge in [0.2, 0.25) is 7.59 Å². The van der Waals surface area contributed by atoms with Crippen LogP contribution in [0.3, 0.4) is 0 Å². The van der Waals surface area contributed by atoms with Gasteiger partial charge in [-0.3, -0.25) is 13.6 Å². The first-order chi connectivity index (χ1) is 8.74. The zero-order chi connectivity index (χ0) is 16.2. The molecule has 0 rings (SSSR count). The van der Waals surface area contributed by atoms with Crippen LogP contribution in [0.15, 0.2) is 0 Å². The zero-order valence-electron chi connectivity index (χ0n) is 10.3. The lowest BCUT2D eigenvalue weighted by atomic mass is 10.2. The average Bonchev–Trinajstić information content (AvgIpc) is 2.22. The Morgan fingerprint density at radius 2 is 1.30 bits per heavy atom. The molecule has 0 heterocycles. The van der Waals surface area contributed by atoms with E-state index in [0.29, 0.717) is 0 Å². The molecular weight excluding hydrogens is 439 g/mol. The van der Waals surface area contributed by atoms with Crippen molar-refractivity contribution in [2.24, 2.45) is 5.92 Å². The lowest BCUT2D eigenvalue weighted by Crippen LogP contribution is -2.20. The number of hydrogen-bond donors (Lipinski definition) is 0. The lowest BCUT2D eigenvalue weighted by molar-refractivity contribution is 0.0923. The Balaban J connectivity index is 4.80. The highest BCUT2D eigenvalue weighted by Crippen LogP contribution is 2.54. The molecule has 0 bridgehead atoms. The summed E-state index contributed by atoms with van der Waals surface area (Å²) in [5.74, 6) is -0.183. The number of halogens is 7. The van der Waals surface area contributed by atoms with Gasteiger partial charge in [-0.15, -0.1) is 0 Å². The molecule has 0 saturated carbocycles. The molecule has 0 saturated heterocycles. The monoisotopic (exact) mass is 448 g/mol. The van der Waals surface area contributed by atoms with E-state index in [4.69, 9.17) is 94.8 Å². The number of alkyl halides is 7. The van der Waals surface area contributed by atoms with Crippen molar-refractivity contribution >= 4 is 89.0 Å². The second kappa shape index (κ2) is 8.84. The molecule has 0 N–H and O–H groups in total. The van der Waals surface area contributed by atoms with Crippen LogP contribution in [0.25, 0.3) is 0 Å². The van der Waals surface area contributed by atoms with E-state index in [1.165, 1.54) is 0 Å². The van der Waals surface area contributed by atoms with Gasteiger partial charge in [0.1, 0.15) is 18.8 Å². The summed E-state index contributed by atoms with van der Waals surface area (Å²) in [7, 11) is -4.16. The minimum atomic E-state index is -4.16. The fraction of sp³-hybridized carbons (Fsp3) is 1.00. The Labute approximate surface area is 152 Å². The molecule has 0 spiro atoms. The quantitative estimate of drug-likeness (QED) is 0.346. The van der Waals surface area contributed by atoms with E-state index in [2.05, 4.69) is 0 Å². The molecule has 0 aliphatic rings. The van der Waals surface area contributed by atoms with Crippen LogP contribution in [0.4, 0.5) is 0 Å². The van der Waals surface area contributed by atoms with E-state index in [1.807, 2.05) is 0 Å². The molecule has 0 aliphatic carbocycles. The Morgan fingerprint density at radius 3 is 1.55 bits per heavy atom. The lowest BCUT2D eigenvalue weighted by Gasteiger charge is -2.24. The third-order valence-corrected chi connectivity index (χ3v) is 4.27. The molecule has 12 heteroatoms. The first kappa shape index (κ1) is 22.1. The largest absolute Gasteiger partial charge is 0.476 e. The van der Waals surface area contributed by atoms with Gasteiger partial charge in [-0.2, -0.15) is 0 Å². The molecule has 0 aromatic heterocycles. The summed E-state index contributed by atoms with van der Waals surface area (Å²) in [6.45, 7) is 2.34. The summed E-state index contributed by atoms with van der Waals surface area (Å²) in [6.07, 6.45) is 0. The number of phosphoric ester groups is 1. The van der Waals surface area contributed by atoms with Crippen molar-refractivity contribution in [1.29, 1.82) is 0 Å². The molecule has 1 unspecified atom stereocenters. The van der Waals surface area contributed by atoms with Gasteiger partial charge in [-0.05, 0) is 5.92 Å². The van der Waals surface area contributed by atoms with Crippen LogP contribution in [0, 0.1) is 5.92 Å². The predicted octanol–water partition coefficient (Wildman–Crippen LogP) is 6.11. The van der Waals surface area contributed by atoms with Crippen molar-refractivity contribution in [3.05, 3.63) is 0 Å². The van der Waals surface area contributed by atoms with Crippen LogP contribution in [0.1, 0.15) is 13.8 Å². The molecular formula is C8H12Cl7O4P. The normalized spacial score (nSPS) is 15.7. The van der Waals surface area contributed by atoms with E-state index in [0.717, 1.165) is 0 Å². The summed E-state index contributed by atoms with van der Waals surface area (Å²) in [4.78, 5) is 0. The van der Waals surface area contributed by atoms with Gasteiger partial charge >= 0.3 is 7.82 Å². The number of rotatable bonds is 7. The van der Waals surface area contributed by atoms with Crippen molar-refractivity contribution < 1.29 is 18.1 Å². The minimum absolute atomic E-state index is 0.183. The summed E-state index contributed by atoms with van der Waals surface area (Å²) < 4.78 is 23.4. The van der Waals surface area contributed by atoms with E-state index in [9.17, 15) is 4.57 Å². The van der Waals surface area contributed by atoms with Gasteiger partial charge in [0.25, 0.3) is 0 Å². The minimum Gasteiger partial charge on any atom is -0.282 e. The molecule has 4 nitrogen and oxygen atoms in total. The summed E-state index contributed by atoms with van der Waals surface area (Å²) in [5.41, 5.74) is -0.966. The Bertz CT molecular complexity index is 319. The Morgan fingerprint density at radius 1 is 0.950 bits per heavy atom. The summed E-state index contributed by atoms with van der Waals surface area (Å²) in [5, 5.41) is 0. The van der Waals surface area contributed by atoms with Gasteiger partial charge in [0.15, 0.2) is 0 Å². The SMILES string of the molecule is CC(C)C(Cl)OP(=O)(OCC(Cl)(Cl)Cl)OCC(Cl)(Cl)Cl. The maximum Gasteiger partial charge on any atom is 0.476 e. The standard InChI is InChI=1S/C8H12Cl7O4P/c1-5(2)6(9)19-20(16,17-3-7(10,11)12)18-4-8(13,14)15/h5-6H,3-4H2,1-2H3. The molecule has 0 fully saturated rings. The summed E-state index contributed by atoms with van der Waals surface area (Å²) >= 11 is 38.8. The average molecular weight is 451 g/mol. The van der Waals surface area contributed by atoms with E-state index < -0.39 is 34.2 Å². The second-order valence-electron chi connectivity index (χ2n) is 3.93. The van der Waals surface area contributed by atoms with Crippen molar-refractivity contribution in [2.75, 3.05) is 13.2 Å². The van der Waals surface area contributed by atoms with E-state index >= 15 is 0 Å². The van der Waals surface area contributed by atoms with E-state index in [1.54, 1.807) is 13.8 Å². The first-order valence-electron chi connectivity index (χ1n) is 5.09. The third kappa shape index (κ3) is 11.7. The van der Waals surface area contributed by atoms with Gasteiger partial charge in [-0.25, -0.2) is 4.57 Å².